The molecule has 6 heteroatoms. The number of rotatable bonds is 4. The number of nitrogens with one attached hydrogen (secondary N) is 1. The molecule has 0 aliphatic heterocycles. The monoisotopic (exact) mass is 335 g/mol. The number of hydrogen-bond donors (Lipinski definition) is 1. The van der Waals surface area contributed by atoms with E-state index in [1.165, 1.54) is 17.4 Å². The summed E-state index contributed by atoms with van der Waals surface area (Å²) in [5.41, 5.74) is 1.71. The maximum absolute atomic E-state index is 12.2. The molecule has 0 radical (unpaired) electrons. The molecule has 1 N–H and O–H groups in total. The lowest BCUT2D eigenvalue weighted by atomic mass is 10.2. The third kappa shape index (κ3) is 3.59. The van der Waals surface area contributed by atoms with Crippen LogP contribution in [0.25, 0.3) is 17.3 Å². The molecule has 1 aromatic carbocycles. The Bertz CT molecular complexity index is 933. The number of carbonyl (C=O) groups excluding carboxylic acids is 1. The zero-order valence-electron chi connectivity index (χ0n) is 12.8. The van der Waals surface area contributed by atoms with E-state index in [2.05, 4.69) is 10.3 Å². The van der Waals surface area contributed by atoms with Gasteiger partial charge in [-0.05, 0) is 19.1 Å². The summed E-state index contributed by atoms with van der Waals surface area (Å²) in [5.74, 6) is 0.662. The lowest BCUT2D eigenvalue weighted by Gasteiger charge is -1.99. The number of amides is 1. The molecule has 0 saturated heterocycles. The summed E-state index contributed by atoms with van der Waals surface area (Å²) in [7, 11) is 0. The first-order valence-electron chi connectivity index (χ1n) is 7.16. The third-order valence-corrected chi connectivity index (χ3v) is 3.96. The van der Waals surface area contributed by atoms with Crippen molar-refractivity contribution in [3.05, 3.63) is 64.9 Å². The maximum Gasteiger partial charge on any atom is 0.268 e. The van der Waals surface area contributed by atoms with Gasteiger partial charge in [-0.1, -0.05) is 30.3 Å². The van der Waals surface area contributed by atoms with Crippen LogP contribution in [0.1, 0.15) is 11.5 Å². The molecule has 0 unspecified atom stereocenters. The highest BCUT2D eigenvalue weighted by atomic mass is 32.1. The second-order valence-corrected chi connectivity index (χ2v) is 5.83. The summed E-state index contributed by atoms with van der Waals surface area (Å²) in [5, 5.41) is 14.1. The molecule has 3 aromatic rings. The van der Waals surface area contributed by atoms with Crippen LogP contribution in [0.15, 0.2) is 57.8 Å². The molecule has 0 spiro atoms. The van der Waals surface area contributed by atoms with Crippen LogP contribution in [0, 0.1) is 18.3 Å². The van der Waals surface area contributed by atoms with Gasteiger partial charge in [0.25, 0.3) is 5.91 Å². The highest BCUT2D eigenvalue weighted by molar-refractivity contribution is 7.14. The lowest BCUT2D eigenvalue weighted by molar-refractivity contribution is -0.112. The molecule has 5 nitrogen and oxygen atoms in total. The van der Waals surface area contributed by atoms with Crippen molar-refractivity contribution in [2.75, 3.05) is 5.32 Å². The molecule has 0 fully saturated rings. The molecule has 3 rings (SSSR count). The summed E-state index contributed by atoms with van der Waals surface area (Å²) in [6.07, 6.45) is 1.41. The van der Waals surface area contributed by atoms with E-state index in [-0.39, 0.29) is 5.57 Å². The van der Waals surface area contributed by atoms with Gasteiger partial charge in [-0.2, -0.15) is 5.26 Å². The highest BCUT2D eigenvalue weighted by Gasteiger charge is 2.13. The lowest BCUT2D eigenvalue weighted by Crippen LogP contribution is -2.13. The second kappa shape index (κ2) is 6.94. The number of carbonyl (C=O) groups is 1. The van der Waals surface area contributed by atoms with Gasteiger partial charge >= 0.3 is 0 Å². The Morgan fingerprint density at radius 2 is 2.08 bits per heavy atom. The predicted octanol–water partition coefficient (Wildman–Crippen LogP) is 4.26. The number of aryl methyl sites for hydroxylation is 1. The van der Waals surface area contributed by atoms with Gasteiger partial charge in [0, 0.05) is 17.0 Å². The first-order valence-corrected chi connectivity index (χ1v) is 8.04. The van der Waals surface area contributed by atoms with Crippen molar-refractivity contribution < 1.29 is 9.21 Å². The molecule has 2 aromatic heterocycles. The van der Waals surface area contributed by atoms with Crippen LogP contribution >= 0.6 is 11.3 Å². The van der Waals surface area contributed by atoms with Gasteiger partial charge in [-0.3, -0.25) is 10.1 Å². The van der Waals surface area contributed by atoms with E-state index < -0.39 is 5.91 Å². The minimum absolute atomic E-state index is 0.0409. The third-order valence-electron chi connectivity index (χ3n) is 3.21. The van der Waals surface area contributed by atoms with Crippen molar-refractivity contribution in [3.8, 4) is 17.3 Å². The van der Waals surface area contributed by atoms with Gasteiger partial charge in [0.15, 0.2) is 5.13 Å². The fraction of sp³-hybridized carbons (Fsp3) is 0.0556. The minimum Gasteiger partial charge on any atom is -0.462 e. The summed E-state index contributed by atoms with van der Waals surface area (Å²) in [6, 6.07) is 15.0. The second-order valence-electron chi connectivity index (χ2n) is 4.98. The topological polar surface area (TPSA) is 78.9 Å². The molecule has 0 atom stereocenters. The molecule has 2 heterocycles. The Morgan fingerprint density at radius 3 is 2.75 bits per heavy atom. The normalized spacial score (nSPS) is 11.1. The minimum atomic E-state index is -0.513. The zero-order valence-corrected chi connectivity index (χ0v) is 13.6. The first kappa shape index (κ1) is 15.7. The van der Waals surface area contributed by atoms with Crippen molar-refractivity contribution in [2.24, 2.45) is 0 Å². The van der Waals surface area contributed by atoms with Gasteiger partial charge in [-0.25, -0.2) is 4.98 Å². The molecule has 0 aliphatic rings. The van der Waals surface area contributed by atoms with Gasteiger partial charge in [0.1, 0.15) is 23.2 Å². The fourth-order valence-electron chi connectivity index (χ4n) is 2.06. The maximum atomic E-state index is 12.2. The number of thiazole rings is 1. The van der Waals surface area contributed by atoms with Crippen LogP contribution < -0.4 is 5.32 Å². The molecule has 0 bridgehead atoms. The number of nitriles is 1. The number of aromatic nitrogens is 1. The standard InChI is InChI=1S/C18H13N3O2S/c1-12-7-8-15(23-12)9-14(10-19)17(22)21-18-20-16(11-24-18)13-5-3-2-4-6-13/h2-9,11H,1H3,(H,20,21,22)/b14-9-. The van der Waals surface area contributed by atoms with Crippen LogP contribution in [0.4, 0.5) is 5.13 Å². The van der Waals surface area contributed by atoms with E-state index in [4.69, 9.17) is 4.42 Å². The number of nitrogens with zero attached hydrogens (tertiary/aromatic N) is 2. The predicted molar refractivity (Wildman–Crippen MR) is 93.2 cm³/mol. The Kier molecular flexibility index (Phi) is 4.54. The van der Waals surface area contributed by atoms with Crippen LogP contribution in [0.5, 0.6) is 0 Å². The molecular weight excluding hydrogens is 322 g/mol. The van der Waals surface area contributed by atoms with Crippen molar-refractivity contribution in [1.82, 2.24) is 4.98 Å². The van der Waals surface area contributed by atoms with Gasteiger partial charge in [-0.15, -0.1) is 11.3 Å². The largest absolute Gasteiger partial charge is 0.462 e. The van der Waals surface area contributed by atoms with Gasteiger partial charge < -0.3 is 4.42 Å². The molecule has 0 saturated carbocycles. The first-order chi connectivity index (χ1) is 11.7. The summed E-state index contributed by atoms with van der Waals surface area (Å²) < 4.78 is 5.36. The molecule has 118 valence electrons. The smallest absolute Gasteiger partial charge is 0.268 e. The van der Waals surface area contributed by atoms with E-state index in [0.29, 0.717) is 16.7 Å². The molecule has 0 aliphatic carbocycles. The molecular formula is C18H13N3O2S. The van der Waals surface area contributed by atoms with E-state index in [1.807, 2.05) is 41.8 Å². The zero-order chi connectivity index (χ0) is 16.9. The number of benzene rings is 1. The molecule has 1 amide bonds. The van der Waals surface area contributed by atoms with E-state index in [0.717, 1.165) is 11.3 Å². The van der Waals surface area contributed by atoms with Crippen molar-refractivity contribution >= 4 is 28.5 Å². The highest BCUT2D eigenvalue weighted by Crippen LogP contribution is 2.25. The number of anilines is 1. The van der Waals surface area contributed by atoms with Crippen LogP contribution in [0.3, 0.4) is 0 Å². The summed E-state index contributed by atoms with van der Waals surface area (Å²) >= 11 is 1.31. The number of hydrogen-bond acceptors (Lipinski definition) is 5. The van der Waals surface area contributed by atoms with Crippen LogP contribution in [-0.2, 0) is 4.79 Å². The Morgan fingerprint density at radius 1 is 1.29 bits per heavy atom. The van der Waals surface area contributed by atoms with Crippen LogP contribution in [0.2, 0.25) is 0 Å². The Balaban J connectivity index is 1.76. The van der Waals surface area contributed by atoms with Crippen molar-refractivity contribution in [3.63, 3.8) is 0 Å². The van der Waals surface area contributed by atoms with E-state index >= 15 is 0 Å². The summed E-state index contributed by atoms with van der Waals surface area (Å²) in [6.45, 7) is 1.80. The van der Waals surface area contributed by atoms with Crippen LogP contribution in [-0.4, -0.2) is 10.9 Å². The average Bonchev–Trinajstić information content (AvgIpc) is 3.22. The number of furan rings is 1. The Labute approximate surface area is 142 Å². The van der Waals surface area contributed by atoms with Gasteiger partial charge in [0.05, 0.1) is 5.69 Å². The van der Waals surface area contributed by atoms with Crippen molar-refractivity contribution in [1.29, 1.82) is 5.26 Å². The quantitative estimate of drug-likeness (QED) is 0.571. The fourth-order valence-corrected chi connectivity index (χ4v) is 2.77. The van der Waals surface area contributed by atoms with Gasteiger partial charge in [0.2, 0.25) is 0 Å². The SMILES string of the molecule is Cc1ccc(/C=C(/C#N)C(=O)Nc2nc(-c3ccccc3)cs2)o1. The van der Waals surface area contributed by atoms with E-state index in [9.17, 15) is 10.1 Å². The summed E-state index contributed by atoms with van der Waals surface area (Å²) in [4.78, 5) is 16.6. The Hall–Kier alpha value is -3.17. The average molecular weight is 335 g/mol. The molecule has 24 heavy (non-hydrogen) atoms. The van der Waals surface area contributed by atoms with Crippen molar-refractivity contribution in [2.45, 2.75) is 6.92 Å². The van der Waals surface area contributed by atoms with E-state index in [1.54, 1.807) is 19.1 Å².